The predicted molar refractivity (Wildman–Crippen MR) is 179 cm³/mol. The summed E-state index contributed by atoms with van der Waals surface area (Å²) < 4.78 is 0. The average molecular weight is 553 g/mol. The molecule has 2 nitrogen and oxygen atoms in total. The molecule has 0 saturated heterocycles. The molecule has 0 unspecified atom stereocenters. The molecule has 0 atom stereocenters. The van der Waals surface area contributed by atoms with Gasteiger partial charge >= 0.3 is 5.97 Å². The molecule has 0 bridgehead atoms. The second-order valence-corrected chi connectivity index (χ2v) is 11.0. The van der Waals surface area contributed by atoms with Gasteiger partial charge < -0.3 is 5.11 Å². The topological polar surface area (TPSA) is 37.3 Å². The number of rotatable bonds is 30. The molecule has 0 heterocycles. The zero-order valence-corrected chi connectivity index (χ0v) is 26.3. The van der Waals surface area contributed by atoms with Gasteiger partial charge in [-0.25, -0.2) is 0 Å². The van der Waals surface area contributed by atoms with Crippen LogP contribution in [-0.4, -0.2) is 11.1 Å². The molecule has 1 N–H and O–H groups in total. The third kappa shape index (κ3) is 35.9. The Kier molecular flexibility index (Phi) is 33.1. The minimum absolute atomic E-state index is 0.338. The van der Waals surface area contributed by atoms with E-state index in [-0.39, 0.29) is 0 Å². The lowest BCUT2D eigenvalue weighted by molar-refractivity contribution is -0.137. The van der Waals surface area contributed by atoms with E-state index in [1.807, 2.05) is 0 Å². The van der Waals surface area contributed by atoms with Gasteiger partial charge in [-0.05, 0) is 57.8 Å². The molecule has 40 heavy (non-hydrogen) atoms. The summed E-state index contributed by atoms with van der Waals surface area (Å²) in [6, 6.07) is 0. The molecule has 2 heteroatoms. The number of hydrogen-bond acceptors (Lipinski definition) is 1. The van der Waals surface area contributed by atoms with Gasteiger partial charge in [0.15, 0.2) is 0 Å². The highest BCUT2D eigenvalue weighted by atomic mass is 16.4. The van der Waals surface area contributed by atoms with Crippen molar-refractivity contribution < 1.29 is 9.90 Å². The van der Waals surface area contributed by atoms with Crippen LogP contribution >= 0.6 is 0 Å². The van der Waals surface area contributed by atoms with Gasteiger partial charge in [-0.2, -0.15) is 0 Å². The number of allylic oxidation sites excluding steroid dienone is 12. The molecule has 0 rings (SSSR count). The molecule has 0 radical (unpaired) electrons. The van der Waals surface area contributed by atoms with Gasteiger partial charge in [0.1, 0.15) is 0 Å². The van der Waals surface area contributed by atoms with Crippen LogP contribution in [0.25, 0.3) is 0 Å². The number of hydrogen-bond donors (Lipinski definition) is 1. The Balaban J connectivity index is 3.29. The Morgan fingerprint density at radius 2 is 0.675 bits per heavy atom. The van der Waals surface area contributed by atoms with Crippen LogP contribution in [0, 0.1) is 0 Å². The maximum absolute atomic E-state index is 10.5. The zero-order chi connectivity index (χ0) is 29.0. The van der Waals surface area contributed by atoms with E-state index in [1.54, 1.807) is 0 Å². The van der Waals surface area contributed by atoms with Crippen molar-refractivity contribution in [3.05, 3.63) is 72.9 Å². The fraction of sp³-hybridized carbons (Fsp3) is 0.658. The molecular formula is C38H64O2. The van der Waals surface area contributed by atoms with Crippen molar-refractivity contribution in [3.8, 4) is 0 Å². The van der Waals surface area contributed by atoms with E-state index in [4.69, 9.17) is 5.11 Å². The Labute approximate surface area is 249 Å². The maximum Gasteiger partial charge on any atom is 0.303 e. The molecule has 0 aliphatic heterocycles. The number of carboxylic acid groups (broad SMARTS) is 1. The van der Waals surface area contributed by atoms with Crippen molar-refractivity contribution in [1.29, 1.82) is 0 Å². The van der Waals surface area contributed by atoms with Crippen LogP contribution in [0.4, 0.5) is 0 Å². The summed E-state index contributed by atoms with van der Waals surface area (Å²) in [6.07, 6.45) is 56.1. The fourth-order valence-electron chi connectivity index (χ4n) is 4.65. The van der Waals surface area contributed by atoms with E-state index in [0.29, 0.717) is 6.42 Å². The zero-order valence-electron chi connectivity index (χ0n) is 26.3. The first kappa shape index (κ1) is 37.9. The number of aliphatic carboxylic acids is 1. The maximum atomic E-state index is 10.5. The lowest BCUT2D eigenvalue weighted by Crippen LogP contribution is -1.93. The first-order valence-corrected chi connectivity index (χ1v) is 16.9. The summed E-state index contributed by atoms with van der Waals surface area (Å²) in [5, 5.41) is 8.63. The van der Waals surface area contributed by atoms with Crippen molar-refractivity contribution in [3.63, 3.8) is 0 Å². The van der Waals surface area contributed by atoms with E-state index in [0.717, 1.165) is 51.4 Å². The molecule has 0 aliphatic carbocycles. The van der Waals surface area contributed by atoms with Crippen molar-refractivity contribution >= 4 is 5.97 Å². The van der Waals surface area contributed by atoms with E-state index in [2.05, 4.69) is 79.8 Å². The molecule has 0 spiro atoms. The predicted octanol–water partition coefficient (Wildman–Crippen LogP) is 12.8. The largest absolute Gasteiger partial charge is 0.481 e. The summed E-state index contributed by atoms with van der Waals surface area (Å²) >= 11 is 0. The van der Waals surface area contributed by atoms with Gasteiger partial charge in [0, 0.05) is 6.42 Å². The van der Waals surface area contributed by atoms with E-state index in [1.165, 1.54) is 96.3 Å². The highest BCUT2D eigenvalue weighted by Crippen LogP contribution is 2.14. The van der Waals surface area contributed by atoms with Crippen molar-refractivity contribution in [1.82, 2.24) is 0 Å². The normalized spacial score (nSPS) is 12.6. The fourth-order valence-corrected chi connectivity index (χ4v) is 4.65. The highest BCUT2D eigenvalue weighted by molar-refractivity contribution is 5.66. The summed E-state index contributed by atoms with van der Waals surface area (Å²) in [5.74, 6) is -0.656. The Morgan fingerprint density at radius 3 is 1.00 bits per heavy atom. The molecule has 0 aliphatic rings. The lowest BCUT2D eigenvalue weighted by Gasteiger charge is -2.03. The lowest BCUT2D eigenvalue weighted by atomic mass is 10.0. The second-order valence-electron chi connectivity index (χ2n) is 11.0. The van der Waals surface area contributed by atoms with Crippen LogP contribution in [0.3, 0.4) is 0 Å². The minimum atomic E-state index is -0.656. The summed E-state index contributed by atoms with van der Waals surface area (Å²) in [7, 11) is 0. The van der Waals surface area contributed by atoms with Crippen LogP contribution < -0.4 is 0 Å². The molecule has 228 valence electrons. The molecule has 0 aromatic heterocycles. The number of carbonyl (C=O) groups is 1. The molecular weight excluding hydrogens is 488 g/mol. The van der Waals surface area contributed by atoms with Crippen LogP contribution in [0.15, 0.2) is 72.9 Å². The van der Waals surface area contributed by atoms with Crippen molar-refractivity contribution in [2.45, 2.75) is 161 Å². The van der Waals surface area contributed by atoms with Gasteiger partial charge in [-0.3, -0.25) is 4.79 Å². The third-order valence-electron chi connectivity index (χ3n) is 7.11. The first-order valence-electron chi connectivity index (χ1n) is 16.9. The average Bonchev–Trinajstić information content (AvgIpc) is 2.95. The Bertz CT molecular complexity index is 692. The van der Waals surface area contributed by atoms with Crippen LogP contribution in [-0.2, 0) is 4.79 Å². The van der Waals surface area contributed by atoms with Gasteiger partial charge in [0.05, 0.1) is 0 Å². The molecule has 0 aromatic carbocycles. The first-order chi connectivity index (χ1) is 19.8. The molecule has 0 fully saturated rings. The molecule has 0 saturated carbocycles. The molecule has 0 aromatic rings. The summed E-state index contributed by atoms with van der Waals surface area (Å²) in [5.41, 5.74) is 0. The smallest absolute Gasteiger partial charge is 0.303 e. The van der Waals surface area contributed by atoms with E-state index >= 15 is 0 Å². The monoisotopic (exact) mass is 552 g/mol. The van der Waals surface area contributed by atoms with Crippen molar-refractivity contribution in [2.75, 3.05) is 0 Å². The van der Waals surface area contributed by atoms with E-state index < -0.39 is 5.97 Å². The Morgan fingerprint density at radius 1 is 0.400 bits per heavy atom. The van der Waals surface area contributed by atoms with Gasteiger partial charge in [-0.1, -0.05) is 170 Å². The number of carboxylic acids is 1. The summed E-state index contributed by atoms with van der Waals surface area (Å²) in [6.45, 7) is 2.17. The third-order valence-corrected chi connectivity index (χ3v) is 7.11. The summed E-state index contributed by atoms with van der Waals surface area (Å²) in [4.78, 5) is 10.5. The van der Waals surface area contributed by atoms with Crippen molar-refractivity contribution in [2.24, 2.45) is 0 Å². The van der Waals surface area contributed by atoms with Gasteiger partial charge in [0.2, 0.25) is 0 Å². The Hall–Kier alpha value is -2.09. The SMILES string of the molecule is CC/C=C\C/C=C\C/C=C\C/C=C\C/C=C\C/C=C\CCCCCCCCCCCCCCCCCCC(=O)O. The second kappa shape index (κ2) is 34.9. The number of unbranched alkanes of at least 4 members (excludes halogenated alkanes) is 16. The van der Waals surface area contributed by atoms with Gasteiger partial charge in [-0.15, -0.1) is 0 Å². The molecule has 0 amide bonds. The quantitative estimate of drug-likeness (QED) is 0.0710. The van der Waals surface area contributed by atoms with Crippen LogP contribution in [0.5, 0.6) is 0 Å². The van der Waals surface area contributed by atoms with E-state index in [9.17, 15) is 4.79 Å². The minimum Gasteiger partial charge on any atom is -0.481 e. The van der Waals surface area contributed by atoms with Crippen LogP contribution in [0.2, 0.25) is 0 Å². The highest BCUT2D eigenvalue weighted by Gasteiger charge is 1.97. The van der Waals surface area contributed by atoms with Gasteiger partial charge in [0.25, 0.3) is 0 Å². The van der Waals surface area contributed by atoms with Crippen LogP contribution in [0.1, 0.15) is 161 Å². The standard InChI is InChI=1S/C38H64O2/c1-2-3-4-5-6-7-8-9-10-11-12-13-14-15-16-17-18-19-20-21-22-23-24-25-26-27-28-29-30-31-32-33-34-35-36-37-38(39)40/h3-4,6-7,9-10,12-13,15-16,18-19H,2,5,8,11,14,17,20-37H2,1H3,(H,39,40)/b4-3-,7-6-,10-9-,13-12-,16-15-,19-18-.